The van der Waals surface area contributed by atoms with Gasteiger partial charge >= 0.3 is 5.91 Å². The smallest absolute Gasteiger partial charge is 0.294 e. The topological polar surface area (TPSA) is 79.1 Å². The van der Waals surface area contributed by atoms with Gasteiger partial charge in [-0.05, 0) is 49.7 Å². The first-order valence-corrected chi connectivity index (χ1v) is 11.5. The van der Waals surface area contributed by atoms with Crippen molar-refractivity contribution in [3.8, 4) is 5.69 Å². The van der Waals surface area contributed by atoms with Gasteiger partial charge in [0.25, 0.3) is 17.2 Å². The summed E-state index contributed by atoms with van der Waals surface area (Å²) in [4.78, 5) is 42.5. The lowest BCUT2D eigenvalue weighted by atomic mass is 10.0. The van der Waals surface area contributed by atoms with Crippen LogP contribution in [-0.2, 0) is 16.0 Å². The zero-order valence-electron chi connectivity index (χ0n) is 19.2. The number of pyridine rings is 1. The molecular formula is C27H22ClN4O3+. The maximum Gasteiger partial charge on any atom is 0.331 e. The number of anilines is 1. The van der Waals surface area contributed by atoms with E-state index in [1.807, 2.05) is 26.0 Å². The molecule has 1 aliphatic rings. The lowest BCUT2D eigenvalue weighted by Crippen LogP contribution is -2.39. The van der Waals surface area contributed by atoms with Gasteiger partial charge in [0.05, 0.1) is 16.9 Å². The van der Waals surface area contributed by atoms with Crippen LogP contribution >= 0.6 is 11.6 Å². The predicted octanol–water partition coefficient (Wildman–Crippen LogP) is 3.92. The first-order chi connectivity index (χ1) is 16.9. The van der Waals surface area contributed by atoms with Crippen LogP contribution in [0.3, 0.4) is 0 Å². The molecule has 2 aromatic carbocycles. The van der Waals surface area contributed by atoms with Crippen LogP contribution in [0.15, 0.2) is 83.9 Å². The number of para-hydroxylation sites is 1. The third-order valence-corrected chi connectivity index (χ3v) is 6.15. The van der Waals surface area contributed by atoms with E-state index < -0.39 is 17.4 Å². The number of hydrogen-bond acceptors (Lipinski definition) is 3. The molecule has 0 fully saturated rings. The Morgan fingerprint density at radius 3 is 2.34 bits per heavy atom. The highest BCUT2D eigenvalue weighted by Crippen LogP contribution is 2.33. The van der Waals surface area contributed by atoms with Crippen LogP contribution in [0.2, 0.25) is 5.02 Å². The number of imide groups is 1. The minimum Gasteiger partial charge on any atom is -0.294 e. The number of rotatable bonds is 5. The fourth-order valence-corrected chi connectivity index (χ4v) is 4.50. The van der Waals surface area contributed by atoms with Gasteiger partial charge < -0.3 is 0 Å². The van der Waals surface area contributed by atoms with Crippen molar-refractivity contribution in [3.63, 3.8) is 0 Å². The molecule has 0 radical (unpaired) electrons. The summed E-state index contributed by atoms with van der Waals surface area (Å²) in [6.45, 7) is 3.78. The van der Waals surface area contributed by atoms with Gasteiger partial charge in [-0.15, -0.1) is 0 Å². The largest absolute Gasteiger partial charge is 0.331 e. The Bertz CT molecular complexity index is 1570. The van der Waals surface area contributed by atoms with Gasteiger partial charge in [-0.3, -0.25) is 19.5 Å². The maximum absolute atomic E-state index is 13.9. The Balaban J connectivity index is 1.79. The molecule has 0 aliphatic carbocycles. The normalized spacial score (nSPS) is 13.7. The molecule has 0 saturated carbocycles. The molecule has 0 bridgehead atoms. The van der Waals surface area contributed by atoms with Crippen molar-refractivity contribution in [3.05, 3.63) is 111 Å². The van der Waals surface area contributed by atoms with E-state index in [1.54, 1.807) is 71.6 Å². The summed E-state index contributed by atoms with van der Waals surface area (Å²) in [5, 5.41) is 3.59. The fraction of sp³-hybridized carbons (Fsp3) is 0.111. The highest BCUT2D eigenvalue weighted by atomic mass is 35.5. The predicted molar refractivity (Wildman–Crippen MR) is 134 cm³/mol. The SMILES string of the molecule is CCc1[nH]n(-c2cccc(Cl)c2)c(=O)c1C1=C([n+]2cccc(C)c2)C(=O)N(c2ccccc2)C1=O. The van der Waals surface area contributed by atoms with Gasteiger partial charge in [-0.1, -0.05) is 42.8 Å². The van der Waals surface area contributed by atoms with Crippen LogP contribution in [0.5, 0.6) is 0 Å². The molecule has 0 spiro atoms. The van der Waals surface area contributed by atoms with E-state index in [9.17, 15) is 14.4 Å². The van der Waals surface area contributed by atoms with Gasteiger partial charge in [0, 0.05) is 22.3 Å². The number of nitrogens with one attached hydrogen (secondary N) is 1. The van der Waals surface area contributed by atoms with Gasteiger partial charge in [0.15, 0.2) is 12.4 Å². The minimum atomic E-state index is -0.547. The number of amides is 2. The number of carbonyl (C=O) groups excluding carboxylic acids is 2. The number of halogens is 1. The number of aromatic nitrogens is 3. The van der Waals surface area contributed by atoms with E-state index in [0.29, 0.717) is 28.5 Å². The van der Waals surface area contributed by atoms with Crippen LogP contribution in [-0.4, -0.2) is 21.6 Å². The van der Waals surface area contributed by atoms with Crippen LogP contribution in [0.4, 0.5) is 5.69 Å². The summed E-state index contributed by atoms with van der Waals surface area (Å²) in [6.07, 6.45) is 3.92. The van der Waals surface area contributed by atoms with Gasteiger partial charge in [-0.2, -0.15) is 4.57 Å². The lowest BCUT2D eigenvalue weighted by Gasteiger charge is -2.13. The number of aryl methyl sites for hydroxylation is 2. The van der Waals surface area contributed by atoms with E-state index in [2.05, 4.69) is 5.10 Å². The van der Waals surface area contributed by atoms with E-state index in [0.717, 1.165) is 10.5 Å². The van der Waals surface area contributed by atoms with E-state index in [-0.39, 0.29) is 16.8 Å². The zero-order chi connectivity index (χ0) is 24.7. The molecule has 3 heterocycles. The van der Waals surface area contributed by atoms with Crippen molar-refractivity contribution < 1.29 is 14.2 Å². The Morgan fingerprint density at radius 2 is 1.66 bits per heavy atom. The minimum absolute atomic E-state index is 0.0633. The highest BCUT2D eigenvalue weighted by molar-refractivity contribution is 6.53. The van der Waals surface area contributed by atoms with Crippen molar-refractivity contribution in [2.45, 2.75) is 20.3 Å². The molecule has 2 aromatic heterocycles. The summed E-state index contributed by atoms with van der Waals surface area (Å²) in [5.74, 6) is -1.04. The Hall–Kier alpha value is -4.23. The lowest BCUT2D eigenvalue weighted by molar-refractivity contribution is -0.577. The second-order valence-corrected chi connectivity index (χ2v) is 8.67. The number of H-pyrrole nitrogens is 1. The third-order valence-electron chi connectivity index (χ3n) is 5.92. The molecule has 8 heteroatoms. The fourth-order valence-electron chi connectivity index (χ4n) is 4.32. The first-order valence-electron chi connectivity index (χ1n) is 11.2. The molecule has 174 valence electrons. The van der Waals surface area contributed by atoms with E-state index in [4.69, 9.17) is 11.6 Å². The van der Waals surface area contributed by atoms with Crippen LogP contribution in [0.1, 0.15) is 23.7 Å². The van der Waals surface area contributed by atoms with Crippen molar-refractivity contribution in [2.24, 2.45) is 0 Å². The van der Waals surface area contributed by atoms with Gasteiger partial charge in [0.2, 0.25) is 0 Å². The monoisotopic (exact) mass is 485 g/mol. The summed E-state index contributed by atoms with van der Waals surface area (Å²) in [7, 11) is 0. The average molecular weight is 486 g/mol. The van der Waals surface area contributed by atoms with Crippen molar-refractivity contribution in [1.82, 2.24) is 9.78 Å². The van der Waals surface area contributed by atoms with E-state index >= 15 is 0 Å². The van der Waals surface area contributed by atoms with Crippen molar-refractivity contribution in [1.29, 1.82) is 0 Å². The molecule has 1 aliphatic heterocycles. The molecule has 0 unspecified atom stereocenters. The molecule has 2 amide bonds. The number of aromatic amines is 1. The average Bonchev–Trinajstić information content (AvgIpc) is 3.31. The van der Waals surface area contributed by atoms with Crippen molar-refractivity contribution in [2.75, 3.05) is 4.90 Å². The number of carbonyl (C=O) groups is 2. The molecule has 35 heavy (non-hydrogen) atoms. The van der Waals surface area contributed by atoms with Gasteiger partial charge in [0.1, 0.15) is 5.57 Å². The number of hydrogen-bond donors (Lipinski definition) is 1. The summed E-state index contributed by atoms with van der Waals surface area (Å²) >= 11 is 6.15. The number of nitrogens with zero attached hydrogens (tertiary/aromatic N) is 3. The Labute approximate surface area is 206 Å². The standard InChI is InChI=1S/C27H21ClN4O3/c1-3-21-22(26(34)32(29-21)20-13-7-10-18(28)15-20)23-24(30-14-8-9-17(2)16-30)27(35)31(25(23)33)19-11-5-4-6-12-19/h4-16H,3H2,1-2H3/p+1. The maximum atomic E-state index is 13.9. The Kier molecular flexibility index (Phi) is 5.70. The van der Waals surface area contributed by atoms with Crippen LogP contribution in [0.25, 0.3) is 17.0 Å². The zero-order valence-corrected chi connectivity index (χ0v) is 19.9. The summed E-state index contributed by atoms with van der Waals surface area (Å²) in [5.41, 5.74) is 2.36. The van der Waals surface area contributed by atoms with Crippen LogP contribution < -0.4 is 15.0 Å². The van der Waals surface area contributed by atoms with E-state index in [1.165, 1.54) is 4.68 Å². The second kappa shape index (κ2) is 8.85. The summed E-state index contributed by atoms with van der Waals surface area (Å²) < 4.78 is 2.97. The molecule has 0 atom stereocenters. The molecule has 0 saturated heterocycles. The molecule has 7 nitrogen and oxygen atoms in total. The second-order valence-electron chi connectivity index (χ2n) is 8.23. The molecule has 4 aromatic rings. The molecule has 1 N–H and O–H groups in total. The highest BCUT2D eigenvalue weighted by Gasteiger charge is 2.48. The first kappa shape index (κ1) is 22.6. The molecule has 5 rings (SSSR count). The molecular weight excluding hydrogens is 464 g/mol. The Morgan fingerprint density at radius 1 is 0.914 bits per heavy atom. The summed E-state index contributed by atoms with van der Waals surface area (Å²) in [6, 6.07) is 19.3. The van der Waals surface area contributed by atoms with Gasteiger partial charge in [-0.25, -0.2) is 9.58 Å². The third kappa shape index (κ3) is 3.80. The quantitative estimate of drug-likeness (QED) is 0.344. The van der Waals surface area contributed by atoms with Crippen LogP contribution in [0, 0.1) is 6.92 Å². The number of benzene rings is 2. The van der Waals surface area contributed by atoms with Crippen molar-refractivity contribution >= 4 is 40.4 Å².